The number of pyridine rings is 2. The maximum absolute atomic E-state index is 12.6. The number of rotatable bonds is 4. The predicted octanol–water partition coefficient (Wildman–Crippen LogP) is 3.07. The Bertz CT molecular complexity index is 870. The van der Waals surface area contributed by atoms with Gasteiger partial charge in [0.1, 0.15) is 11.4 Å². The van der Waals surface area contributed by atoms with Crippen LogP contribution in [0.5, 0.6) is 0 Å². The zero-order valence-electron chi connectivity index (χ0n) is 14.5. The number of anilines is 2. The van der Waals surface area contributed by atoms with Crippen molar-refractivity contribution in [3.8, 4) is 0 Å². The van der Waals surface area contributed by atoms with Crippen molar-refractivity contribution in [1.29, 1.82) is 0 Å². The molecule has 2 aromatic rings. The average molecular weight is 461 g/mol. The number of nitrogens with zero attached hydrogens (tertiary/aromatic N) is 5. The topological polar surface area (TPSA) is 101 Å². The first kappa shape index (κ1) is 20.3. The highest BCUT2D eigenvalue weighted by molar-refractivity contribution is 9.10. The van der Waals surface area contributed by atoms with Crippen LogP contribution >= 0.6 is 15.9 Å². The SMILES string of the molecule is Nc1ncc(Br)c(N2CCN(Cc3ccc(C(F)(F)F)nc3)CC2)c1[N+](=O)[O-]. The summed E-state index contributed by atoms with van der Waals surface area (Å²) in [5, 5.41) is 11.4. The Labute approximate surface area is 166 Å². The van der Waals surface area contributed by atoms with Gasteiger partial charge in [0.15, 0.2) is 0 Å². The lowest BCUT2D eigenvalue weighted by molar-refractivity contribution is -0.383. The Hall–Kier alpha value is -2.47. The number of piperazine rings is 1. The number of hydrogen-bond donors (Lipinski definition) is 1. The van der Waals surface area contributed by atoms with Gasteiger partial charge < -0.3 is 10.6 Å². The van der Waals surface area contributed by atoms with E-state index < -0.39 is 16.8 Å². The fourth-order valence-corrected chi connectivity index (χ4v) is 3.58. The molecular formula is C16H16BrF3N6O2. The first-order valence-electron chi connectivity index (χ1n) is 8.24. The molecule has 0 saturated carbocycles. The van der Waals surface area contributed by atoms with E-state index in [1.807, 2.05) is 9.80 Å². The second-order valence-electron chi connectivity index (χ2n) is 6.26. The van der Waals surface area contributed by atoms with Gasteiger partial charge in [0.25, 0.3) is 0 Å². The Balaban J connectivity index is 1.67. The maximum Gasteiger partial charge on any atom is 0.433 e. The third-order valence-electron chi connectivity index (χ3n) is 4.40. The molecule has 0 aliphatic carbocycles. The summed E-state index contributed by atoms with van der Waals surface area (Å²) < 4.78 is 38.2. The minimum atomic E-state index is -4.46. The zero-order chi connectivity index (χ0) is 20.5. The molecule has 150 valence electrons. The molecule has 0 atom stereocenters. The van der Waals surface area contributed by atoms with Crippen molar-refractivity contribution >= 4 is 33.1 Å². The minimum Gasteiger partial charge on any atom is -0.378 e. The van der Waals surface area contributed by atoms with E-state index in [4.69, 9.17) is 5.73 Å². The smallest absolute Gasteiger partial charge is 0.378 e. The fraction of sp³-hybridized carbons (Fsp3) is 0.375. The van der Waals surface area contributed by atoms with Crippen LogP contribution in [0.15, 0.2) is 29.0 Å². The largest absolute Gasteiger partial charge is 0.433 e. The molecule has 0 aromatic carbocycles. The summed E-state index contributed by atoms with van der Waals surface area (Å²) >= 11 is 3.30. The molecule has 8 nitrogen and oxygen atoms in total. The van der Waals surface area contributed by atoms with E-state index in [9.17, 15) is 23.3 Å². The fourth-order valence-electron chi connectivity index (χ4n) is 3.04. The highest BCUT2D eigenvalue weighted by Crippen LogP contribution is 2.39. The highest BCUT2D eigenvalue weighted by atomic mass is 79.9. The molecule has 0 bridgehead atoms. The molecule has 3 heterocycles. The molecule has 3 rings (SSSR count). The van der Waals surface area contributed by atoms with Crippen LogP contribution in [-0.4, -0.2) is 46.0 Å². The van der Waals surface area contributed by atoms with Crippen molar-refractivity contribution in [3.05, 3.63) is 50.4 Å². The Morgan fingerprint density at radius 3 is 2.39 bits per heavy atom. The number of hydrogen-bond acceptors (Lipinski definition) is 7. The van der Waals surface area contributed by atoms with Crippen molar-refractivity contribution in [1.82, 2.24) is 14.9 Å². The number of nitrogens with two attached hydrogens (primary N) is 1. The summed E-state index contributed by atoms with van der Waals surface area (Å²) in [6.45, 7) is 2.59. The average Bonchev–Trinajstić information content (AvgIpc) is 2.63. The van der Waals surface area contributed by atoms with Crippen LogP contribution in [0.4, 0.5) is 30.4 Å². The summed E-state index contributed by atoms with van der Waals surface area (Å²) in [5.74, 6) is -0.151. The van der Waals surface area contributed by atoms with Crippen LogP contribution in [0.1, 0.15) is 11.3 Å². The van der Waals surface area contributed by atoms with Crippen molar-refractivity contribution in [2.24, 2.45) is 0 Å². The molecule has 12 heteroatoms. The van der Waals surface area contributed by atoms with Gasteiger partial charge in [-0.2, -0.15) is 13.2 Å². The highest BCUT2D eigenvalue weighted by Gasteiger charge is 2.32. The van der Waals surface area contributed by atoms with Crippen LogP contribution < -0.4 is 10.6 Å². The van der Waals surface area contributed by atoms with Crippen LogP contribution in [-0.2, 0) is 12.7 Å². The Morgan fingerprint density at radius 2 is 1.86 bits per heavy atom. The van der Waals surface area contributed by atoms with Gasteiger partial charge in [-0.05, 0) is 27.6 Å². The second-order valence-corrected chi connectivity index (χ2v) is 7.11. The van der Waals surface area contributed by atoms with Gasteiger partial charge >= 0.3 is 11.9 Å². The molecule has 0 amide bonds. The van der Waals surface area contributed by atoms with Gasteiger partial charge in [-0.3, -0.25) is 20.0 Å². The van der Waals surface area contributed by atoms with E-state index >= 15 is 0 Å². The van der Waals surface area contributed by atoms with Gasteiger partial charge in [-0.1, -0.05) is 6.07 Å². The van der Waals surface area contributed by atoms with Crippen LogP contribution in [0.2, 0.25) is 0 Å². The van der Waals surface area contributed by atoms with Crippen LogP contribution in [0.25, 0.3) is 0 Å². The molecule has 0 spiro atoms. The van der Waals surface area contributed by atoms with Gasteiger partial charge in [0, 0.05) is 45.1 Å². The predicted molar refractivity (Wildman–Crippen MR) is 99.7 cm³/mol. The zero-order valence-corrected chi connectivity index (χ0v) is 16.1. The number of aromatic nitrogens is 2. The molecule has 0 unspecified atom stereocenters. The minimum absolute atomic E-state index is 0.151. The van der Waals surface area contributed by atoms with Gasteiger partial charge in [-0.15, -0.1) is 0 Å². The first-order chi connectivity index (χ1) is 13.2. The van der Waals surface area contributed by atoms with E-state index in [2.05, 4.69) is 25.9 Å². The van der Waals surface area contributed by atoms with E-state index in [0.29, 0.717) is 48.4 Å². The van der Waals surface area contributed by atoms with Crippen molar-refractivity contribution in [2.45, 2.75) is 12.7 Å². The lowest BCUT2D eigenvalue weighted by atomic mass is 10.2. The van der Waals surface area contributed by atoms with Crippen molar-refractivity contribution in [2.75, 3.05) is 36.8 Å². The molecule has 2 N–H and O–H groups in total. The normalized spacial score (nSPS) is 15.6. The number of alkyl halides is 3. The lowest BCUT2D eigenvalue weighted by Crippen LogP contribution is -2.46. The number of halogens is 4. The molecule has 28 heavy (non-hydrogen) atoms. The standard InChI is InChI=1S/C16H16BrF3N6O2/c17-11-8-23-15(21)14(26(27)28)13(11)25-5-3-24(4-6-25)9-10-1-2-12(22-7-10)16(18,19)20/h1-2,7-8H,3-6,9H2,(H2,21,23). The summed E-state index contributed by atoms with van der Waals surface area (Å²) in [6, 6.07) is 2.37. The van der Waals surface area contributed by atoms with E-state index in [-0.39, 0.29) is 11.5 Å². The molecule has 2 aromatic heterocycles. The summed E-state index contributed by atoms with van der Waals surface area (Å²) in [4.78, 5) is 22.0. The number of nitrogen functional groups attached to an aromatic ring is 1. The third-order valence-corrected chi connectivity index (χ3v) is 4.98. The molecule has 1 fully saturated rings. The van der Waals surface area contributed by atoms with Gasteiger partial charge in [0.2, 0.25) is 5.82 Å². The maximum atomic E-state index is 12.6. The molecular weight excluding hydrogens is 445 g/mol. The second kappa shape index (κ2) is 7.87. The summed E-state index contributed by atoms with van der Waals surface area (Å²) in [6.07, 6.45) is -1.81. The summed E-state index contributed by atoms with van der Waals surface area (Å²) in [5.41, 5.74) is 5.56. The number of nitro groups is 1. The first-order valence-corrected chi connectivity index (χ1v) is 9.04. The molecule has 1 aliphatic heterocycles. The molecule has 0 radical (unpaired) electrons. The van der Waals surface area contributed by atoms with Crippen LogP contribution in [0.3, 0.4) is 0 Å². The van der Waals surface area contributed by atoms with Gasteiger partial charge in [0.05, 0.1) is 9.40 Å². The van der Waals surface area contributed by atoms with Crippen molar-refractivity contribution < 1.29 is 18.1 Å². The Kier molecular flexibility index (Phi) is 5.70. The quantitative estimate of drug-likeness (QED) is 0.552. The van der Waals surface area contributed by atoms with E-state index in [1.54, 1.807) is 0 Å². The van der Waals surface area contributed by atoms with Crippen LogP contribution in [0, 0.1) is 10.1 Å². The van der Waals surface area contributed by atoms with Gasteiger partial charge in [-0.25, -0.2) is 4.98 Å². The van der Waals surface area contributed by atoms with Crippen molar-refractivity contribution in [3.63, 3.8) is 0 Å². The summed E-state index contributed by atoms with van der Waals surface area (Å²) in [7, 11) is 0. The lowest BCUT2D eigenvalue weighted by Gasteiger charge is -2.36. The molecule has 1 aliphatic rings. The van der Waals surface area contributed by atoms with E-state index in [0.717, 1.165) is 6.07 Å². The monoisotopic (exact) mass is 460 g/mol. The Morgan fingerprint density at radius 1 is 1.18 bits per heavy atom. The van der Waals surface area contributed by atoms with E-state index in [1.165, 1.54) is 18.5 Å². The molecule has 1 saturated heterocycles. The third kappa shape index (κ3) is 4.33.